The van der Waals surface area contributed by atoms with Crippen LogP contribution in [0.3, 0.4) is 0 Å². The van der Waals surface area contributed by atoms with E-state index in [1.165, 1.54) is 18.0 Å². The summed E-state index contributed by atoms with van der Waals surface area (Å²) in [6, 6.07) is 1.16. The molecule has 0 radical (unpaired) electrons. The minimum absolute atomic E-state index is 0.0679. The molecule has 1 aromatic rings. The molecule has 6 nitrogen and oxygen atoms in total. The first-order valence-corrected chi connectivity index (χ1v) is 6.94. The lowest BCUT2D eigenvalue weighted by molar-refractivity contribution is -0.119. The van der Waals surface area contributed by atoms with Crippen molar-refractivity contribution in [3.63, 3.8) is 0 Å². The van der Waals surface area contributed by atoms with Gasteiger partial charge in [0.15, 0.2) is 0 Å². The molecule has 1 amide bonds. The second-order valence-electron chi connectivity index (χ2n) is 4.32. The van der Waals surface area contributed by atoms with Crippen LogP contribution in [0.15, 0.2) is 15.7 Å². The Balaban J connectivity index is 2.71. The largest absolute Gasteiger partial charge is 0.332 e. The zero-order chi connectivity index (χ0) is 13.4. The third-order valence-corrected chi connectivity index (χ3v) is 3.89. The Morgan fingerprint density at radius 1 is 1.33 bits per heavy atom. The van der Waals surface area contributed by atoms with Gasteiger partial charge in [0.05, 0.1) is 6.04 Å². The molecule has 0 bridgehead atoms. The van der Waals surface area contributed by atoms with Gasteiger partial charge in [0.25, 0.3) is 5.56 Å². The number of amides is 1. The lowest BCUT2D eigenvalue weighted by Gasteiger charge is -2.32. The number of rotatable bonds is 2. The van der Waals surface area contributed by atoms with E-state index in [-0.39, 0.29) is 17.6 Å². The molecule has 1 aliphatic rings. The number of thioether (sulfide) groups is 1. The van der Waals surface area contributed by atoms with Crippen molar-refractivity contribution in [2.24, 2.45) is 7.05 Å². The highest BCUT2D eigenvalue weighted by Gasteiger charge is 2.30. The van der Waals surface area contributed by atoms with Gasteiger partial charge in [0.2, 0.25) is 5.91 Å². The van der Waals surface area contributed by atoms with Crippen LogP contribution in [0.2, 0.25) is 0 Å². The normalized spacial score (nSPS) is 18.9. The lowest BCUT2D eigenvalue weighted by atomic mass is 10.1. The predicted octanol–water partition coefficient (Wildman–Crippen LogP) is -0.182. The molecule has 2 rings (SSSR count). The molecule has 0 N–H and O–H groups in total. The number of nitrogens with zero attached hydrogens (tertiary/aromatic N) is 3. The van der Waals surface area contributed by atoms with Gasteiger partial charge in [-0.25, -0.2) is 4.79 Å². The molecule has 1 aliphatic heterocycles. The van der Waals surface area contributed by atoms with E-state index < -0.39 is 5.56 Å². The zero-order valence-corrected chi connectivity index (χ0v) is 11.4. The van der Waals surface area contributed by atoms with Crippen molar-refractivity contribution >= 4 is 23.5 Å². The van der Waals surface area contributed by atoms with Crippen molar-refractivity contribution in [1.29, 1.82) is 0 Å². The van der Waals surface area contributed by atoms with Crippen molar-refractivity contribution < 1.29 is 4.79 Å². The molecule has 1 aromatic heterocycles. The quantitative estimate of drug-likeness (QED) is 0.747. The maximum absolute atomic E-state index is 12.2. The van der Waals surface area contributed by atoms with Crippen molar-refractivity contribution in [1.82, 2.24) is 9.13 Å². The summed E-state index contributed by atoms with van der Waals surface area (Å²) in [5.41, 5.74) is -0.758. The molecular formula is C11H15N3O3S. The highest BCUT2D eigenvalue weighted by molar-refractivity contribution is 7.98. The van der Waals surface area contributed by atoms with Crippen LogP contribution in [0.5, 0.6) is 0 Å². The molecular weight excluding hydrogens is 254 g/mol. The second-order valence-corrected chi connectivity index (χ2v) is 5.23. The van der Waals surface area contributed by atoms with Crippen molar-refractivity contribution in [2.75, 3.05) is 24.0 Å². The predicted molar refractivity (Wildman–Crippen MR) is 71.4 cm³/mol. The van der Waals surface area contributed by atoms with E-state index in [1.54, 1.807) is 23.4 Å². The van der Waals surface area contributed by atoms with Crippen LogP contribution in [0, 0.1) is 0 Å². The molecule has 1 unspecified atom stereocenters. The average molecular weight is 269 g/mol. The van der Waals surface area contributed by atoms with E-state index in [2.05, 4.69) is 0 Å². The molecule has 1 atom stereocenters. The minimum atomic E-state index is -0.393. The molecule has 7 heteroatoms. The maximum atomic E-state index is 12.2. The fourth-order valence-corrected chi connectivity index (χ4v) is 2.77. The van der Waals surface area contributed by atoms with Crippen molar-refractivity contribution in [3.05, 3.63) is 26.9 Å². The molecule has 0 saturated heterocycles. The standard InChI is InChI=1S/C11H15N3O3S/c1-12-8-5-10(16)13(2)11(17)14(8)7(6-18-3)4-9(12)15/h5,7H,4,6H2,1-3H3. The Labute approximate surface area is 108 Å². The number of hydrogen-bond donors (Lipinski definition) is 0. The average Bonchev–Trinajstić information content (AvgIpc) is 2.33. The number of fused-ring (bicyclic) bond motifs is 1. The molecule has 98 valence electrons. The van der Waals surface area contributed by atoms with Gasteiger partial charge in [-0.3, -0.25) is 18.7 Å². The number of hydrogen-bond acceptors (Lipinski definition) is 4. The van der Waals surface area contributed by atoms with Gasteiger partial charge in [-0.05, 0) is 6.26 Å². The van der Waals surface area contributed by atoms with Crippen LogP contribution in [0.4, 0.5) is 5.82 Å². The molecule has 0 spiro atoms. The smallest absolute Gasteiger partial charge is 0.301 e. The zero-order valence-electron chi connectivity index (χ0n) is 10.5. The number of carbonyl (C=O) groups is 1. The Hall–Kier alpha value is -1.50. The highest BCUT2D eigenvalue weighted by atomic mass is 32.2. The fraction of sp³-hybridized carbons (Fsp3) is 0.545. The van der Waals surface area contributed by atoms with Crippen LogP contribution in [-0.4, -0.2) is 34.1 Å². The molecule has 0 aromatic carbocycles. The molecule has 2 heterocycles. The summed E-state index contributed by atoms with van der Waals surface area (Å²) in [7, 11) is 3.03. The Bertz CT molecular complexity index is 605. The van der Waals surface area contributed by atoms with E-state index in [1.807, 2.05) is 6.26 Å². The summed E-state index contributed by atoms with van der Waals surface area (Å²) in [5.74, 6) is 0.991. The molecule has 0 fully saturated rings. The number of carbonyl (C=O) groups excluding carboxylic acids is 1. The van der Waals surface area contributed by atoms with Crippen LogP contribution in [-0.2, 0) is 11.8 Å². The first-order chi connectivity index (χ1) is 8.47. The molecule has 18 heavy (non-hydrogen) atoms. The van der Waals surface area contributed by atoms with Gasteiger partial charge in [-0.2, -0.15) is 11.8 Å². The Morgan fingerprint density at radius 2 is 2.00 bits per heavy atom. The van der Waals surface area contributed by atoms with Gasteiger partial charge in [-0.1, -0.05) is 0 Å². The van der Waals surface area contributed by atoms with E-state index in [0.717, 1.165) is 4.57 Å². The minimum Gasteiger partial charge on any atom is -0.301 e. The van der Waals surface area contributed by atoms with Gasteiger partial charge in [-0.15, -0.1) is 0 Å². The number of aromatic nitrogens is 2. The summed E-state index contributed by atoms with van der Waals surface area (Å²) in [6.07, 6.45) is 2.22. The molecule has 0 saturated carbocycles. The lowest BCUT2D eigenvalue weighted by Crippen LogP contribution is -2.48. The van der Waals surface area contributed by atoms with Gasteiger partial charge < -0.3 is 4.90 Å². The molecule has 0 aliphatic carbocycles. The topological polar surface area (TPSA) is 64.3 Å². The fourth-order valence-electron chi connectivity index (χ4n) is 2.12. The third kappa shape index (κ3) is 1.88. The van der Waals surface area contributed by atoms with Crippen LogP contribution in [0.1, 0.15) is 12.5 Å². The van der Waals surface area contributed by atoms with Crippen LogP contribution >= 0.6 is 11.8 Å². The third-order valence-electron chi connectivity index (χ3n) is 3.18. The van der Waals surface area contributed by atoms with Gasteiger partial charge in [0, 0.05) is 32.3 Å². The second kappa shape index (κ2) is 4.64. The van der Waals surface area contributed by atoms with Crippen molar-refractivity contribution in [3.8, 4) is 0 Å². The summed E-state index contributed by atoms with van der Waals surface area (Å²) in [4.78, 5) is 37.0. The van der Waals surface area contributed by atoms with E-state index in [0.29, 0.717) is 18.0 Å². The van der Waals surface area contributed by atoms with Gasteiger partial charge >= 0.3 is 5.69 Å². The summed E-state index contributed by atoms with van der Waals surface area (Å²) < 4.78 is 2.61. The Kier molecular flexibility index (Phi) is 3.34. The first-order valence-electron chi connectivity index (χ1n) is 5.55. The van der Waals surface area contributed by atoms with Crippen LogP contribution < -0.4 is 16.1 Å². The summed E-state index contributed by atoms with van der Waals surface area (Å²) in [6.45, 7) is 0. The summed E-state index contributed by atoms with van der Waals surface area (Å²) >= 11 is 1.58. The van der Waals surface area contributed by atoms with Crippen molar-refractivity contribution in [2.45, 2.75) is 12.5 Å². The van der Waals surface area contributed by atoms with E-state index >= 15 is 0 Å². The number of anilines is 1. The summed E-state index contributed by atoms with van der Waals surface area (Å²) in [5, 5.41) is 0. The highest BCUT2D eigenvalue weighted by Crippen LogP contribution is 2.26. The SMILES string of the molecule is CSCC1CC(=O)N(C)c2cc(=O)n(C)c(=O)n21. The van der Waals surface area contributed by atoms with E-state index in [9.17, 15) is 14.4 Å². The van der Waals surface area contributed by atoms with Gasteiger partial charge in [0.1, 0.15) is 5.82 Å². The Morgan fingerprint density at radius 3 is 2.61 bits per heavy atom. The first kappa shape index (κ1) is 12.9. The monoisotopic (exact) mass is 269 g/mol. The van der Waals surface area contributed by atoms with E-state index in [4.69, 9.17) is 0 Å². The van der Waals surface area contributed by atoms with Crippen LogP contribution in [0.25, 0.3) is 0 Å². The maximum Gasteiger partial charge on any atom is 0.332 e.